The van der Waals surface area contributed by atoms with Crippen LogP contribution in [0.4, 0.5) is 4.39 Å². The van der Waals surface area contributed by atoms with E-state index in [0.717, 1.165) is 25.3 Å². The molecule has 12 heteroatoms. The van der Waals surface area contributed by atoms with Crippen LogP contribution in [0.3, 0.4) is 0 Å². The van der Waals surface area contributed by atoms with E-state index in [9.17, 15) is 33.9 Å². The number of rotatable bonds is 16. The fourth-order valence-corrected chi connectivity index (χ4v) is 4.17. The maximum absolute atomic E-state index is 14.6. The number of carboxylic acids is 1. The molecule has 3 amide bonds. The van der Waals surface area contributed by atoms with Crippen LogP contribution in [0.5, 0.6) is 5.75 Å². The van der Waals surface area contributed by atoms with E-state index in [2.05, 4.69) is 15.6 Å². The van der Waals surface area contributed by atoms with Crippen LogP contribution in [-0.2, 0) is 9.59 Å². The van der Waals surface area contributed by atoms with Crippen LogP contribution >= 0.6 is 0 Å². The van der Waals surface area contributed by atoms with E-state index in [1.165, 1.54) is 24.3 Å². The normalized spacial score (nSPS) is 12.2. The summed E-state index contributed by atoms with van der Waals surface area (Å²) < 4.78 is 20.0. The second kappa shape index (κ2) is 15.4. The van der Waals surface area contributed by atoms with E-state index < -0.39 is 35.6 Å². The summed E-state index contributed by atoms with van der Waals surface area (Å²) in [6.07, 6.45) is 3.61. The third kappa shape index (κ3) is 8.47. The van der Waals surface area contributed by atoms with Gasteiger partial charge in [0.2, 0.25) is 12.3 Å². The quantitative estimate of drug-likeness (QED) is 0.0817. The number of carbonyl (C=O) groups excluding carboxylic acids is 3. The summed E-state index contributed by atoms with van der Waals surface area (Å²) in [5.41, 5.74) is -0.188. The molecule has 0 saturated carbocycles. The van der Waals surface area contributed by atoms with E-state index in [1.54, 1.807) is 13.8 Å². The number of pyridine rings is 1. The van der Waals surface area contributed by atoms with Crippen molar-refractivity contribution >= 4 is 24.2 Å². The number of nitrogens with one attached hydrogen (secondary N) is 2. The predicted octanol–water partition coefficient (Wildman–Crippen LogP) is 3.61. The van der Waals surface area contributed by atoms with Crippen LogP contribution < -0.4 is 15.4 Å². The standard InChI is InChI=1S/C27H35FN4O7/c1-4-7-8-9-18(22(5-2)32(38)16-33)25(34)29-15-30-26(35)21-13-12-20(28)24(31-21)17-10-11-19(27(36)37)23(14-17)39-6-3/h10-14,16,18,22,38H,4-9,15H2,1-3H3,(H,29,34)(H,30,35)(H,36,37). The molecule has 2 unspecified atom stereocenters. The number of benzene rings is 1. The number of aromatic nitrogens is 1. The van der Waals surface area contributed by atoms with Gasteiger partial charge in [0.05, 0.1) is 25.2 Å². The number of hydroxylamine groups is 2. The highest BCUT2D eigenvalue weighted by atomic mass is 19.1. The smallest absolute Gasteiger partial charge is 0.339 e. The van der Waals surface area contributed by atoms with Crippen molar-refractivity contribution in [2.45, 2.75) is 58.9 Å². The van der Waals surface area contributed by atoms with Crippen LogP contribution in [0.15, 0.2) is 30.3 Å². The monoisotopic (exact) mass is 546 g/mol. The Balaban J connectivity index is 2.15. The van der Waals surface area contributed by atoms with Crippen LogP contribution in [0.2, 0.25) is 0 Å². The van der Waals surface area contributed by atoms with E-state index in [4.69, 9.17) is 4.74 Å². The average molecular weight is 547 g/mol. The summed E-state index contributed by atoms with van der Waals surface area (Å²) in [6, 6.07) is 5.50. The molecule has 2 aromatic rings. The van der Waals surface area contributed by atoms with Gasteiger partial charge in [-0.3, -0.25) is 19.6 Å². The minimum Gasteiger partial charge on any atom is -0.493 e. The molecule has 0 aliphatic rings. The summed E-state index contributed by atoms with van der Waals surface area (Å²) in [7, 11) is 0. The fraction of sp³-hybridized carbons (Fsp3) is 0.444. The topological polar surface area (TPSA) is 158 Å². The van der Waals surface area contributed by atoms with Crippen molar-refractivity contribution in [2.75, 3.05) is 13.3 Å². The van der Waals surface area contributed by atoms with Crippen molar-refractivity contribution in [1.29, 1.82) is 0 Å². The summed E-state index contributed by atoms with van der Waals surface area (Å²) in [5.74, 6) is -3.70. The highest BCUT2D eigenvalue weighted by Gasteiger charge is 2.30. The Labute approximate surface area is 226 Å². The number of carboxylic acid groups (broad SMARTS) is 1. The molecule has 4 N–H and O–H groups in total. The molecule has 0 radical (unpaired) electrons. The zero-order chi connectivity index (χ0) is 28.9. The number of nitrogens with zero attached hydrogens (tertiary/aromatic N) is 2. The first-order chi connectivity index (χ1) is 18.7. The number of aromatic carboxylic acids is 1. The molecule has 1 aromatic carbocycles. The summed E-state index contributed by atoms with van der Waals surface area (Å²) in [4.78, 5) is 52.2. The lowest BCUT2D eigenvalue weighted by atomic mass is 9.90. The molecule has 0 saturated heterocycles. The molecule has 0 aliphatic carbocycles. The van der Waals surface area contributed by atoms with Crippen LogP contribution in [0.1, 0.15) is 73.7 Å². The maximum Gasteiger partial charge on any atom is 0.339 e. The van der Waals surface area contributed by atoms with E-state index in [0.29, 0.717) is 17.9 Å². The third-order valence-electron chi connectivity index (χ3n) is 6.16. The number of amides is 3. The van der Waals surface area contributed by atoms with Gasteiger partial charge < -0.3 is 20.5 Å². The molecule has 1 heterocycles. The molecule has 1 aromatic heterocycles. The molecule has 0 bridgehead atoms. The van der Waals surface area contributed by atoms with Crippen molar-refractivity contribution in [3.05, 3.63) is 47.4 Å². The fourth-order valence-electron chi connectivity index (χ4n) is 4.17. The molecule has 11 nitrogen and oxygen atoms in total. The van der Waals surface area contributed by atoms with Gasteiger partial charge >= 0.3 is 5.97 Å². The average Bonchev–Trinajstić information content (AvgIpc) is 2.92. The van der Waals surface area contributed by atoms with Crippen molar-refractivity contribution in [3.63, 3.8) is 0 Å². The first-order valence-corrected chi connectivity index (χ1v) is 12.8. The van der Waals surface area contributed by atoms with Gasteiger partial charge in [-0.1, -0.05) is 39.2 Å². The predicted molar refractivity (Wildman–Crippen MR) is 140 cm³/mol. The minimum absolute atomic E-state index is 0.0381. The molecule has 39 heavy (non-hydrogen) atoms. The third-order valence-corrected chi connectivity index (χ3v) is 6.16. The molecular formula is C27H35FN4O7. The highest BCUT2D eigenvalue weighted by Crippen LogP contribution is 2.28. The van der Waals surface area contributed by atoms with Crippen LogP contribution in [0, 0.1) is 11.7 Å². The molecular weight excluding hydrogens is 511 g/mol. The Kier molecular flexibility index (Phi) is 12.3. The van der Waals surface area contributed by atoms with E-state index in [1.807, 2.05) is 6.92 Å². The van der Waals surface area contributed by atoms with Crippen LogP contribution in [-0.4, -0.2) is 63.9 Å². The molecule has 0 spiro atoms. The number of carbonyl (C=O) groups is 4. The van der Waals surface area contributed by atoms with Crippen molar-refractivity contribution in [1.82, 2.24) is 20.7 Å². The maximum atomic E-state index is 14.6. The summed E-state index contributed by atoms with van der Waals surface area (Å²) >= 11 is 0. The van der Waals surface area contributed by atoms with Gasteiger partial charge in [-0.05, 0) is 44.0 Å². The van der Waals surface area contributed by atoms with E-state index >= 15 is 0 Å². The molecule has 2 atom stereocenters. The van der Waals surface area contributed by atoms with Gasteiger partial charge in [-0.25, -0.2) is 19.2 Å². The Morgan fingerprint density at radius 1 is 1.13 bits per heavy atom. The van der Waals surface area contributed by atoms with Gasteiger partial charge in [-0.15, -0.1) is 0 Å². The highest BCUT2D eigenvalue weighted by molar-refractivity contribution is 5.94. The lowest BCUT2D eigenvalue weighted by Gasteiger charge is -2.29. The van der Waals surface area contributed by atoms with Gasteiger partial charge in [0.1, 0.15) is 28.5 Å². The number of hydrogen-bond acceptors (Lipinski definition) is 7. The van der Waals surface area contributed by atoms with Gasteiger partial charge in [0, 0.05) is 5.56 Å². The first kappa shape index (κ1) is 31.2. The second-order valence-electron chi connectivity index (χ2n) is 8.76. The number of halogens is 1. The van der Waals surface area contributed by atoms with E-state index in [-0.39, 0.29) is 47.9 Å². The number of unbranched alkanes of at least 4 members (excludes halogenated alkanes) is 2. The summed E-state index contributed by atoms with van der Waals surface area (Å²) in [5, 5.41) is 24.9. The van der Waals surface area contributed by atoms with Gasteiger partial charge in [0.15, 0.2) is 0 Å². The molecule has 0 fully saturated rings. The Bertz CT molecular complexity index is 1160. The van der Waals surface area contributed by atoms with Gasteiger partial charge in [0.25, 0.3) is 5.91 Å². The Hall–Kier alpha value is -4.06. The SMILES string of the molecule is CCCCCC(C(=O)NCNC(=O)c1ccc(F)c(-c2ccc(C(=O)O)c(OCC)c2)n1)C(CC)N(O)C=O. The number of ether oxygens (including phenoxy) is 1. The zero-order valence-electron chi connectivity index (χ0n) is 22.3. The Morgan fingerprint density at radius 2 is 1.87 bits per heavy atom. The minimum atomic E-state index is -1.20. The zero-order valence-corrected chi connectivity index (χ0v) is 22.3. The molecule has 0 aliphatic heterocycles. The first-order valence-electron chi connectivity index (χ1n) is 12.8. The van der Waals surface area contributed by atoms with Crippen molar-refractivity contribution in [3.8, 4) is 17.0 Å². The molecule has 212 valence electrons. The lowest BCUT2D eigenvalue weighted by Crippen LogP contribution is -2.47. The van der Waals surface area contributed by atoms with Crippen LogP contribution in [0.25, 0.3) is 11.3 Å². The van der Waals surface area contributed by atoms with Crippen molar-refractivity contribution in [2.24, 2.45) is 5.92 Å². The lowest BCUT2D eigenvalue weighted by molar-refractivity contribution is -0.168. The van der Waals surface area contributed by atoms with Gasteiger partial charge in [-0.2, -0.15) is 0 Å². The Morgan fingerprint density at radius 3 is 2.49 bits per heavy atom. The number of hydrogen-bond donors (Lipinski definition) is 4. The molecule has 2 rings (SSSR count). The van der Waals surface area contributed by atoms with Crippen molar-refractivity contribution < 1.29 is 38.6 Å². The summed E-state index contributed by atoms with van der Waals surface area (Å²) in [6.45, 7) is 5.38. The largest absolute Gasteiger partial charge is 0.493 e. The second-order valence-corrected chi connectivity index (χ2v) is 8.76.